The molecule has 2 aliphatic heterocycles. The molecular formula is C19H26N4O. The fraction of sp³-hybridized carbons (Fsp3) is 0.579. The standard InChI is InChI=1S/C19H26N4O/c1-22-11-8-21-18(22)14-23-9-5-19(6-10-23)13-17(24-15-19)12-16-4-2-3-7-20-16/h2-4,7-8,11,17H,5-6,9-10,12-15H2,1H3/t17-/m0/s1. The molecule has 5 heteroatoms. The van der Waals surface area contributed by atoms with Crippen molar-refractivity contribution in [3.63, 3.8) is 0 Å². The van der Waals surface area contributed by atoms with E-state index in [0.717, 1.165) is 44.2 Å². The van der Waals surface area contributed by atoms with Crippen LogP contribution >= 0.6 is 0 Å². The highest BCUT2D eigenvalue weighted by atomic mass is 16.5. The second-order valence-electron chi connectivity index (χ2n) is 7.39. The molecule has 0 aromatic carbocycles. The molecule has 24 heavy (non-hydrogen) atoms. The van der Waals surface area contributed by atoms with Crippen LogP contribution in [0.25, 0.3) is 0 Å². The van der Waals surface area contributed by atoms with E-state index in [4.69, 9.17) is 4.74 Å². The summed E-state index contributed by atoms with van der Waals surface area (Å²) in [5.41, 5.74) is 1.53. The minimum absolute atomic E-state index is 0.334. The lowest BCUT2D eigenvalue weighted by Gasteiger charge is -2.38. The van der Waals surface area contributed by atoms with Gasteiger partial charge in [-0.25, -0.2) is 4.98 Å². The summed E-state index contributed by atoms with van der Waals surface area (Å²) >= 11 is 0. The zero-order valence-corrected chi connectivity index (χ0v) is 14.4. The molecule has 2 aromatic heterocycles. The van der Waals surface area contributed by atoms with E-state index in [2.05, 4.69) is 38.6 Å². The molecular weight excluding hydrogens is 300 g/mol. The molecule has 1 spiro atoms. The van der Waals surface area contributed by atoms with Gasteiger partial charge in [0.25, 0.3) is 0 Å². The van der Waals surface area contributed by atoms with E-state index in [1.54, 1.807) is 0 Å². The van der Waals surface area contributed by atoms with Gasteiger partial charge < -0.3 is 9.30 Å². The van der Waals surface area contributed by atoms with Gasteiger partial charge in [0.05, 0.1) is 19.3 Å². The Morgan fingerprint density at radius 3 is 2.79 bits per heavy atom. The minimum atomic E-state index is 0.334. The van der Waals surface area contributed by atoms with Crippen molar-refractivity contribution in [2.24, 2.45) is 12.5 Å². The molecule has 2 aliphatic rings. The Balaban J connectivity index is 1.30. The third kappa shape index (κ3) is 3.37. The van der Waals surface area contributed by atoms with Gasteiger partial charge in [-0.1, -0.05) is 6.07 Å². The van der Waals surface area contributed by atoms with Crippen molar-refractivity contribution >= 4 is 0 Å². The van der Waals surface area contributed by atoms with Gasteiger partial charge in [0.15, 0.2) is 0 Å². The average Bonchev–Trinajstić information content (AvgIpc) is 3.18. The van der Waals surface area contributed by atoms with Crippen molar-refractivity contribution in [1.82, 2.24) is 19.4 Å². The van der Waals surface area contributed by atoms with E-state index in [1.165, 1.54) is 19.3 Å². The van der Waals surface area contributed by atoms with Crippen molar-refractivity contribution in [2.75, 3.05) is 19.7 Å². The number of imidazole rings is 1. The number of rotatable bonds is 4. The number of ether oxygens (including phenoxy) is 1. The first kappa shape index (κ1) is 15.8. The van der Waals surface area contributed by atoms with E-state index in [1.807, 2.05) is 24.7 Å². The van der Waals surface area contributed by atoms with Crippen molar-refractivity contribution in [3.8, 4) is 0 Å². The first-order valence-electron chi connectivity index (χ1n) is 8.93. The summed E-state index contributed by atoms with van der Waals surface area (Å²) in [6, 6.07) is 6.13. The van der Waals surface area contributed by atoms with Crippen LogP contribution in [0.2, 0.25) is 0 Å². The van der Waals surface area contributed by atoms with Gasteiger partial charge in [0.1, 0.15) is 5.82 Å². The van der Waals surface area contributed by atoms with Gasteiger partial charge in [0.2, 0.25) is 0 Å². The number of aromatic nitrogens is 3. The summed E-state index contributed by atoms with van der Waals surface area (Å²) in [6.07, 6.45) is 10.7. The fourth-order valence-electron chi connectivity index (χ4n) is 4.06. The Bertz CT molecular complexity index is 661. The summed E-state index contributed by atoms with van der Waals surface area (Å²) < 4.78 is 8.25. The van der Waals surface area contributed by atoms with Gasteiger partial charge in [-0.3, -0.25) is 9.88 Å². The van der Waals surface area contributed by atoms with Gasteiger partial charge in [0, 0.05) is 37.8 Å². The molecule has 1 atom stereocenters. The molecule has 2 aromatic rings. The van der Waals surface area contributed by atoms with Crippen molar-refractivity contribution in [2.45, 2.75) is 38.3 Å². The Kier molecular flexibility index (Phi) is 4.37. The third-order valence-electron chi connectivity index (χ3n) is 5.65. The van der Waals surface area contributed by atoms with Gasteiger partial charge in [-0.15, -0.1) is 0 Å². The van der Waals surface area contributed by atoms with Gasteiger partial charge >= 0.3 is 0 Å². The lowest BCUT2D eigenvalue weighted by Crippen LogP contribution is -2.40. The zero-order chi connectivity index (χ0) is 16.4. The zero-order valence-electron chi connectivity index (χ0n) is 14.4. The molecule has 0 N–H and O–H groups in total. The number of nitrogens with zero attached hydrogens (tertiary/aromatic N) is 4. The number of hydrogen-bond acceptors (Lipinski definition) is 4. The molecule has 2 saturated heterocycles. The van der Waals surface area contributed by atoms with Crippen LogP contribution in [0.5, 0.6) is 0 Å². The van der Waals surface area contributed by atoms with E-state index >= 15 is 0 Å². The molecule has 0 unspecified atom stereocenters. The topological polar surface area (TPSA) is 43.2 Å². The Labute approximate surface area is 143 Å². The van der Waals surface area contributed by atoms with Crippen LogP contribution in [0.4, 0.5) is 0 Å². The highest BCUT2D eigenvalue weighted by molar-refractivity contribution is 5.06. The van der Waals surface area contributed by atoms with E-state index in [9.17, 15) is 0 Å². The summed E-state index contributed by atoms with van der Waals surface area (Å²) in [5, 5.41) is 0. The van der Waals surface area contributed by atoms with Crippen LogP contribution in [-0.4, -0.2) is 45.2 Å². The lowest BCUT2D eigenvalue weighted by molar-refractivity contribution is 0.0620. The molecule has 4 rings (SSSR count). The molecule has 0 saturated carbocycles. The number of pyridine rings is 1. The number of piperidine rings is 1. The third-order valence-corrected chi connectivity index (χ3v) is 5.65. The summed E-state index contributed by atoms with van der Waals surface area (Å²) in [5.74, 6) is 1.15. The highest BCUT2D eigenvalue weighted by Crippen LogP contribution is 2.42. The predicted molar refractivity (Wildman–Crippen MR) is 92.5 cm³/mol. The van der Waals surface area contributed by atoms with Gasteiger partial charge in [-0.2, -0.15) is 0 Å². The van der Waals surface area contributed by atoms with Crippen molar-refractivity contribution < 1.29 is 4.74 Å². The maximum absolute atomic E-state index is 6.14. The Hall–Kier alpha value is -1.72. The second kappa shape index (κ2) is 6.65. The number of likely N-dealkylation sites (tertiary alicyclic amines) is 1. The van der Waals surface area contributed by atoms with Crippen LogP contribution in [0.3, 0.4) is 0 Å². The average molecular weight is 326 g/mol. The van der Waals surface area contributed by atoms with Crippen LogP contribution in [0.1, 0.15) is 30.8 Å². The van der Waals surface area contributed by atoms with Crippen LogP contribution in [-0.2, 0) is 24.8 Å². The fourth-order valence-corrected chi connectivity index (χ4v) is 4.06. The number of hydrogen-bond donors (Lipinski definition) is 0. The maximum atomic E-state index is 6.14. The first-order chi connectivity index (χ1) is 11.7. The van der Waals surface area contributed by atoms with E-state index in [0.29, 0.717) is 11.5 Å². The predicted octanol–water partition coefficient (Wildman–Crippen LogP) is 2.43. The minimum Gasteiger partial charge on any atom is -0.377 e. The Morgan fingerprint density at radius 2 is 2.08 bits per heavy atom. The molecule has 0 radical (unpaired) electrons. The lowest BCUT2D eigenvalue weighted by atomic mass is 9.76. The van der Waals surface area contributed by atoms with Crippen LogP contribution in [0, 0.1) is 5.41 Å². The van der Waals surface area contributed by atoms with Crippen molar-refractivity contribution in [1.29, 1.82) is 0 Å². The summed E-state index contributed by atoms with van der Waals surface area (Å²) in [7, 11) is 2.07. The van der Waals surface area contributed by atoms with E-state index < -0.39 is 0 Å². The molecule has 0 amide bonds. The maximum Gasteiger partial charge on any atom is 0.122 e. The largest absolute Gasteiger partial charge is 0.377 e. The SMILES string of the molecule is Cn1ccnc1CN1CCC2(CC1)CO[C@@H](Cc1ccccn1)C2. The monoisotopic (exact) mass is 326 g/mol. The molecule has 0 aliphatic carbocycles. The Morgan fingerprint density at radius 1 is 1.21 bits per heavy atom. The first-order valence-corrected chi connectivity index (χ1v) is 8.93. The van der Waals surface area contributed by atoms with Crippen LogP contribution in [0.15, 0.2) is 36.8 Å². The second-order valence-corrected chi connectivity index (χ2v) is 7.39. The summed E-state index contributed by atoms with van der Waals surface area (Å²) in [4.78, 5) is 11.4. The molecule has 2 fully saturated rings. The summed E-state index contributed by atoms with van der Waals surface area (Å²) in [6.45, 7) is 4.16. The number of aryl methyl sites for hydroxylation is 1. The molecule has 0 bridgehead atoms. The van der Waals surface area contributed by atoms with Crippen LogP contribution < -0.4 is 0 Å². The molecule has 128 valence electrons. The molecule has 4 heterocycles. The van der Waals surface area contributed by atoms with Crippen molar-refractivity contribution in [3.05, 3.63) is 48.3 Å². The van der Waals surface area contributed by atoms with E-state index in [-0.39, 0.29) is 0 Å². The normalized spacial score (nSPS) is 23.8. The quantitative estimate of drug-likeness (QED) is 0.865. The highest BCUT2D eigenvalue weighted by Gasteiger charge is 2.42. The molecule has 5 nitrogen and oxygen atoms in total. The smallest absolute Gasteiger partial charge is 0.122 e. The van der Waals surface area contributed by atoms with Gasteiger partial charge in [-0.05, 0) is 49.9 Å².